The van der Waals surface area contributed by atoms with E-state index in [1.54, 1.807) is 23.0 Å². The minimum atomic E-state index is -0.966. The summed E-state index contributed by atoms with van der Waals surface area (Å²) < 4.78 is 2.46. The van der Waals surface area contributed by atoms with Crippen molar-refractivity contribution >= 4 is 33.3 Å². The van der Waals surface area contributed by atoms with Crippen molar-refractivity contribution in [1.82, 2.24) is 19.7 Å². The van der Waals surface area contributed by atoms with E-state index in [9.17, 15) is 9.90 Å². The summed E-state index contributed by atoms with van der Waals surface area (Å²) in [5, 5.41) is 16.2. The van der Waals surface area contributed by atoms with E-state index in [1.165, 1.54) is 0 Å². The highest BCUT2D eigenvalue weighted by atomic mass is 79.9. The second kappa shape index (κ2) is 5.70. The molecule has 0 bridgehead atoms. The van der Waals surface area contributed by atoms with Crippen LogP contribution in [0.4, 0.5) is 5.82 Å². The van der Waals surface area contributed by atoms with Gasteiger partial charge >= 0.3 is 0 Å². The maximum atomic E-state index is 12.1. The quantitative estimate of drug-likeness (QED) is 0.763. The molecule has 0 spiro atoms. The molecule has 1 saturated heterocycles. The lowest BCUT2D eigenvalue weighted by Gasteiger charge is -2.31. The van der Waals surface area contributed by atoms with Crippen molar-refractivity contribution in [3.63, 3.8) is 0 Å². The van der Waals surface area contributed by atoms with Crippen LogP contribution in [0.15, 0.2) is 23.2 Å². The third-order valence-corrected chi connectivity index (χ3v) is 3.93. The van der Waals surface area contributed by atoms with Crippen molar-refractivity contribution < 1.29 is 9.90 Å². The lowest BCUT2D eigenvalue weighted by atomic mass is 9.90. The van der Waals surface area contributed by atoms with Crippen LogP contribution in [0.2, 0.25) is 0 Å². The molecule has 0 saturated carbocycles. The van der Waals surface area contributed by atoms with E-state index in [2.05, 4.69) is 36.5 Å². The Balaban J connectivity index is 1.68. The molecule has 1 atom stereocenters. The van der Waals surface area contributed by atoms with Crippen LogP contribution in [0.5, 0.6) is 0 Å². The SMILES string of the molecule is O=C(CC1(O)CCCNC1)Nc1cn2cc(Br)ncc2n1. The number of aromatic nitrogens is 3. The van der Waals surface area contributed by atoms with Gasteiger partial charge in [-0.2, -0.15) is 0 Å². The number of β-amino-alcohol motifs (C(OH)–C–C–N with tert-alkyl or cyclic N) is 1. The highest BCUT2D eigenvalue weighted by Crippen LogP contribution is 2.21. The Morgan fingerprint density at radius 2 is 2.43 bits per heavy atom. The molecule has 0 aliphatic carbocycles. The van der Waals surface area contributed by atoms with Crippen LogP contribution in [0.1, 0.15) is 19.3 Å². The van der Waals surface area contributed by atoms with Gasteiger partial charge in [-0.25, -0.2) is 9.97 Å². The number of imidazole rings is 1. The summed E-state index contributed by atoms with van der Waals surface area (Å²) in [6.45, 7) is 1.33. The average Bonchev–Trinajstić information content (AvgIpc) is 2.79. The van der Waals surface area contributed by atoms with Gasteiger partial charge in [-0.1, -0.05) is 0 Å². The summed E-state index contributed by atoms with van der Waals surface area (Å²) >= 11 is 3.28. The molecule has 1 amide bonds. The van der Waals surface area contributed by atoms with Gasteiger partial charge in [0.05, 0.1) is 24.4 Å². The first-order valence-electron chi connectivity index (χ1n) is 6.77. The summed E-state index contributed by atoms with van der Waals surface area (Å²) in [6, 6.07) is 0. The van der Waals surface area contributed by atoms with E-state index in [-0.39, 0.29) is 12.3 Å². The molecule has 3 N–H and O–H groups in total. The van der Waals surface area contributed by atoms with Crippen LogP contribution in [0.25, 0.3) is 5.65 Å². The summed E-state index contributed by atoms with van der Waals surface area (Å²) in [4.78, 5) is 20.4. The van der Waals surface area contributed by atoms with Gasteiger partial charge in [0.15, 0.2) is 11.5 Å². The van der Waals surface area contributed by atoms with E-state index >= 15 is 0 Å². The molecule has 1 aliphatic rings. The van der Waals surface area contributed by atoms with Crippen LogP contribution >= 0.6 is 15.9 Å². The van der Waals surface area contributed by atoms with Crippen LogP contribution in [-0.4, -0.2) is 44.1 Å². The molecular formula is C13H16BrN5O2. The lowest BCUT2D eigenvalue weighted by molar-refractivity contribution is -0.121. The number of rotatable bonds is 3. The highest BCUT2D eigenvalue weighted by Gasteiger charge is 2.31. The van der Waals surface area contributed by atoms with Gasteiger partial charge in [0, 0.05) is 12.7 Å². The Kier molecular flexibility index (Phi) is 3.92. The van der Waals surface area contributed by atoms with Gasteiger partial charge in [0.1, 0.15) is 4.60 Å². The zero-order valence-corrected chi connectivity index (χ0v) is 12.9. The summed E-state index contributed by atoms with van der Waals surface area (Å²) in [6.07, 6.45) is 6.65. The highest BCUT2D eigenvalue weighted by molar-refractivity contribution is 9.10. The number of carbonyl (C=O) groups excluding carboxylic acids is 1. The molecule has 2 aromatic rings. The molecule has 1 aliphatic heterocycles. The Morgan fingerprint density at radius 3 is 3.19 bits per heavy atom. The summed E-state index contributed by atoms with van der Waals surface area (Å²) in [5.41, 5.74) is -0.321. The van der Waals surface area contributed by atoms with Crippen LogP contribution in [0.3, 0.4) is 0 Å². The maximum absolute atomic E-state index is 12.1. The van der Waals surface area contributed by atoms with Crippen molar-refractivity contribution in [2.75, 3.05) is 18.4 Å². The molecule has 1 unspecified atom stereocenters. The first kappa shape index (κ1) is 14.4. The molecule has 0 aromatic carbocycles. The molecule has 3 heterocycles. The van der Waals surface area contributed by atoms with Crippen molar-refractivity contribution in [3.05, 3.63) is 23.2 Å². The predicted molar refractivity (Wildman–Crippen MR) is 81.0 cm³/mol. The molecule has 3 rings (SSSR count). The Hall–Kier alpha value is -1.51. The number of aliphatic hydroxyl groups is 1. The molecular weight excluding hydrogens is 338 g/mol. The first-order valence-corrected chi connectivity index (χ1v) is 7.57. The van der Waals surface area contributed by atoms with Gasteiger partial charge in [0.2, 0.25) is 5.91 Å². The second-order valence-electron chi connectivity index (χ2n) is 5.33. The van der Waals surface area contributed by atoms with E-state index in [0.717, 1.165) is 13.0 Å². The number of halogens is 1. The summed E-state index contributed by atoms with van der Waals surface area (Å²) in [5.74, 6) is 0.212. The number of piperidine rings is 1. The van der Waals surface area contributed by atoms with Crippen LogP contribution in [0, 0.1) is 0 Å². The molecule has 2 aromatic heterocycles. The number of amides is 1. The maximum Gasteiger partial charge on any atom is 0.228 e. The molecule has 8 heteroatoms. The van der Waals surface area contributed by atoms with E-state index in [1.807, 2.05) is 0 Å². The van der Waals surface area contributed by atoms with E-state index in [4.69, 9.17) is 0 Å². The average molecular weight is 354 g/mol. The molecule has 21 heavy (non-hydrogen) atoms. The van der Waals surface area contributed by atoms with Crippen molar-refractivity contribution in [1.29, 1.82) is 0 Å². The largest absolute Gasteiger partial charge is 0.388 e. The fourth-order valence-corrected chi connectivity index (χ4v) is 2.85. The minimum absolute atomic E-state index is 0.0653. The van der Waals surface area contributed by atoms with Crippen LogP contribution in [-0.2, 0) is 4.79 Å². The van der Waals surface area contributed by atoms with Crippen molar-refractivity contribution in [2.45, 2.75) is 24.9 Å². The Bertz CT molecular complexity index is 666. The van der Waals surface area contributed by atoms with E-state index in [0.29, 0.717) is 29.0 Å². The number of hydrogen-bond acceptors (Lipinski definition) is 5. The number of anilines is 1. The zero-order chi connectivity index (χ0) is 14.9. The number of hydrogen-bond donors (Lipinski definition) is 3. The van der Waals surface area contributed by atoms with Crippen molar-refractivity contribution in [2.24, 2.45) is 0 Å². The minimum Gasteiger partial charge on any atom is -0.388 e. The smallest absolute Gasteiger partial charge is 0.228 e. The lowest BCUT2D eigenvalue weighted by Crippen LogP contribution is -2.47. The van der Waals surface area contributed by atoms with Gasteiger partial charge in [-0.3, -0.25) is 4.79 Å². The predicted octanol–water partition coefficient (Wildman–Crippen LogP) is 0.935. The number of fused-ring (bicyclic) bond motifs is 1. The Morgan fingerprint density at radius 1 is 1.57 bits per heavy atom. The van der Waals surface area contributed by atoms with Gasteiger partial charge in [-0.15, -0.1) is 0 Å². The second-order valence-corrected chi connectivity index (χ2v) is 6.14. The number of nitrogens with one attached hydrogen (secondary N) is 2. The summed E-state index contributed by atoms with van der Waals surface area (Å²) in [7, 11) is 0. The normalized spacial score (nSPS) is 22.4. The van der Waals surface area contributed by atoms with E-state index < -0.39 is 5.60 Å². The van der Waals surface area contributed by atoms with Gasteiger partial charge < -0.3 is 20.1 Å². The number of nitrogens with zero attached hydrogens (tertiary/aromatic N) is 3. The molecule has 0 radical (unpaired) electrons. The topological polar surface area (TPSA) is 91.5 Å². The molecule has 7 nitrogen and oxygen atoms in total. The zero-order valence-electron chi connectivity index (χ0n) is 11.3. The molecule has 1 fully saturated rings. The van der Waals surface area contributed by atoms with Gasteiger partial charge in [-0.05, 0) is 35.3 Å². The third-order valence-electron chi connectivity index (χ3n) is 3.52. The van der Waals surface area contributed by atoms with Crippen LogP contribution < -0.4 is 10.6 Å². The fraction of sp³-hybridized carbons (Fsp3) is 0.462. The third kappa shape index (κ3) is 3.39. The fourth-order valence-electron chi connectivity index (χ4n) is 2.52. The van der Waals surface area contributed by atoms with Gasteiger partial charge in [0.25, 0.3) is 0 Å². The first-order chi connectivity index (χ1) is 10.0. The standard InChI is InChI=1S/C13H16BrN5O2/c14-9-6-19-7-10(17-11(19)5-16-9)18-12(20)4-13(21)2-1-3-15-8-13/h5-7,15,21H,1-4,8H2,(H,18,20). The Labute approximate surface area is 129 Å². The number of carbonyl (C=O) groups is 1. The monoisotopic (exact) mass is 353 g/mol. The van der Waals surface area contributed by atoms with Crippen molar-refractivity contribution in [3.8, 4) is 0 Å². The molecule has 112 valence electrons.